The maximum absolute atomic E-state index is 6.11. The number of terminal acetylenes is 1. The van der Waals surface area contributed by atoms with Crippen LogP contribution in [0.5, 0.6) is 0 Å². The van der Waals surface area contributed by atoms with Crippen molar-refractivity contribution in [1.29, 1.82) is 0 Å². The van der Waals surface area contributed by atoms with Gasteiger partial charge in [0.1, 0.15) is 0 Å². The third kappa shape index (κ3) is 4.17. The molecule has 0 fully saturated rings. The number of halogens is 2. The van der Waals surface area contributed by atoms with E-state index < -0.39 is 0 Å². The molecule has 1 N–H and O–H groups in total. The van der Waals surface area contributed by atoms with Crippen molar-refractivity contribution in [3.63, 3.8) is 0 Å². The van der Waals surface area contributed by atoms with E-state index in [2.05, 4.69) is 34.1 Å². The van der Waals surface area contributed by atoms with E-state index in [1.54, 1.807) is 0 Å². The fourth-order valence-corrected chi connectivity index (χ4v) is 2.17. The van der Waals surface area contributed by atoms with E-state index in [0.29, 0.717) is 6.54 Å². The topological polar surface area (TPSA) is 12.0 Å². The number of nitrogens with one attached hydrogen (secondary N) is 1. The average molecular weight is 301 g/mol. The molecule has 1 rings (SSSR count). The summed E-state index contributed by atoms with van der Waals surface area (Å²) in [6, 6.07) is 6.00. The molecule has 0 aliphatic rings. The molecule has 0 radical (unpaired) electrons. The second-order valence-corrected chi connectivity index (χ2v) is 4.95. The van der Waals surface area contributed by atoms with Crippen LogP contribution in [0.4, 0.5) is 0 Å². The predicted octanol–water partition coefficient (Wildman–Crippen LogP) is 3.99. The Morgan fingerprint density at radius 3 is 2.88 bits per heavy atom. The second kappa shape index (κ2) is 6.96. The van der Waals surface area contributed by atoms with Gasteiger partial charge in [0.05, 0.1) is 6.04 Å². The maximum atomic E-state index is 6.11. The highest BCUT2D eigenvalue weighted by Gasteiger charge is 2.05. The molecule has 86 valence electrons. The lowest BCUT2D eigenvalue weighted by Crippen LogP contribution is -2.26. The Kier molecular flexibility index (Phi) is 5.90. The zero-order valence-corrected chi connectivity index (χ0v) is 11.6. The zero-order valence-electron chi connectivity index (χ0n) is 9.26. The summed E-state index contributed by atoms with van der Waals surface area (Å²) < 4.78 is 0.989. The highest BCUT2D eigenvalue weighted by atomic mass is 79.9. The van der Waals surface area contributed by atoms with E-state index in [9.17, 15) is 0 Å². The van der Waals surface area contributed by atoms with Gasteiger partial charge in [-0.3, -0.25) is 5.32 Å². The first-order valence-electron chi connectivity index (χ1n) is 5.30. The van der Waals surface area contributed by atoms with E-state index in [-0.39, 0.29) is 6.04 Å². The fourth-order valence-electron chi connectivity index (χ4n) is 1.43. The predicted molar refractivity (Wildman–Crippen MR) is 73.5 cm³/mol. The van der Waals surface area contributed by atoms with Gasteiger partial charge in [-0.15, -0.1) is 6.42 Å². The van der Waals surface area contributed by atoms with Crippen LogP contribution in [0, 0.1) is 12.3 Å². The molecule has 0 spiro atoms. The van der Waals surface area contributed by atoms with Crippen LogP contribution in [0.3, 0.4) is 0 Å². The highest BCUT2D eigenvalue weighted by molar-refractivity contribution is 9.10. The lowest BCUT2D eigenvalue weighted by molar-refractivity contribution is 0.563. The van der Waals surface area contributed by atoms with Gasteiger partial charge in [-0.1, -0.05) is 52.9 Å². The molecule has 1 unspecified atom stereocenters. The monoisotopic (exact) mass is 299 g/mol. The van der Waals surface area contributed by atoms with Gasteiger partial charge in [-0.25, -0.2) is 0 Å². The quantitative estimate of drug-likeness (QED) is 0.811. The second-order valence-electron chi connectivity index (χ2n) is 3.62. The summed E-state index contributed by atoms with van der Waals surface area (Å²) in [4.78, 5) is 0. The molecular weight excluding hydrogens is 286 g/mol. The van der Waals surface area contributed by atoms with E-state index in [0.717, 1.165) is 27.9 Å². The standard InChI is InChI=1S/C13H15BrClN/c1-3-5-12(4-2)16-9-10-6-7-11(14)8-13(10)15/h2,6-8,12,16H,3,5,9H2,1H3. The summed E-state index contributed by atoms with van der Waals surface area (Å²) in [6.45, 7) is 2.83. The zero-order chi connectivity index (χ0) is 12.0. The highest BCUT2D eigenvalue weighted by Crippen LogP contribution is 2.21. The normalized spacial score (nSPS) is 12.1. The molecule has 3 heteroatoms. The van der Waals surface area contributed by atoms with Crippen LogP contribution in [0.2, 0.25) is 5.02 Å². The number of rotatable bonds is 5. The Morgan fingerprint density at radius 2 is 2.31 bits per heavy atom. The van der Waals surface area contributed by atoms with Crippen LogP contribution in [0.25, 0.3) is 0 Å². The van der Waals surface area contributed by atoms with Crippen molar-refractivity contribution in [3.05, 3.63) is 33.3 Å². The first-order chi connectivity index (χ1) is 7.67. The minimum atomic E-state index is 0.129. The lowest BCUT2D eigenvalue weighted by Gasteiger charge is -2.12. The molecule has 0 aliphatic heterocycles. The van der Waals surface area contributed by atoms with Gasteiger partial charge in [0.25, 0.3) is 0 Å². The van der Waals surface area contributed by atoms with Crippen molar-refractivity contribution >= 4 is 27.5 Å². The van der Waals surface area contributed by atoms with Gasteiger partial charge < -0.3 is 0 Å². The summed E-state index contributed by atoms with van der Waals surface area (Å²) in [6.07, 6.45) is 7.50. The van der Waals surface area contributed by atoms with E-state index in [1.807, 2.05) is 18.2 Å². The summed E-state index contributed by atoms with van der Waals surface area (Å²) in [5, 5.41) is 4.07. The van der Waals surface area contributed by atoms with Crippen molar-refractivity contribution in [2.24, 2.45) is 0 Å². The van der Waals surface area contributed by atoms with Gasteiger partial charge in [-0.2, -0.15) is 0 Å². The van der Waals surface area contributed by atoms with Crippen LogP contribution in [0.15, 0.2) is 22.7 Å². The van der Waals surface area contributed by atoms with Crippen molar-refractivity contribution in [2.45, 2.75) is 32.4 Å². The summed E-state index contributed by atoms with van der Waals surface area (Å²) in [7, 11) is 0. The molecule has 1 atom stereocenters. The number of hydrogen-bond acceptors (Lipinski definition) is 1. The summed E-state index contributed by atoms with van der Waals surface area (Å²) in [5.74, 6) is 2.74. The summed E-state index contributed by atoms with van der Waals surface area (Å²) in [5.41, 5.74) is 1.07. The molecule has 0 aromatic heterocycles. The molecule has 1 aromatic rings. The lowest BCUT2D eigenvalue weighted by atomic mass is 10.1. The Bertz CT molecular complexity index is 384. The summed E-state index contributed by atoms with van der Waals surface area (Å²) >= 11 is 9.49. The molecule has 1 nitrogen and oxygen atoms in total. The molecule has 0 amide bonds. The van der Waals surface area contributed by atoms with Crippen molar-refractivity contribution in [2.75, 3.05) is 0 Å². The third-order valence-electron chi connectivity index (χ3n) is 2.33. The molecule has 0 saturated carbocycles. The smallest absolute Gasteiger partial charge is 0.0689 e. The Balaban J connectivity index is 2.57. The van der Waals surface area contributed by atoms with Crippen LogP contribution in [-0.2, 0) is 6.54 Å². The number of hydrogen-bond donors (Lipinski definition) is 1. The Labute approximate surface area is 111 Å². The molecule has 0 heterocycles. The van der Waals surface area contributed by atoms with Gasteiger partial charge in [0.2, 0.25) is 0 Å². The van der Waals surface area contributed by atoms with Crippen LogP contribution >= 0.6 is 27.5 Å². The number of benzene rings is 1. The molecule has 1 aromatic carbocycles. The first-order valence-corrected chi connectivity index (χ1v) is 6.48. The Morgan fingerprint density at radius 1 is 1.56 bits per heavy atom. The first kappa shape index (κ1) is 13.6. The maximum Gasteiger partial charge on any atom is 0.0689 e. The molecule has 0 aliphatic carbocycles. The van der Waals surface area contributed by atoms with Crippen molar-refractivity contribution in [1.82, 2.24) is 5.32 Å². The van der Waals surface area contributed by atoms with E-state index in [4.69, 9.17) is 18.0 Å². The molecular formula is C13H15BrClN. The fraction of sp³-hybridized carbons (Fsp3) is 0.385. The molecule has 16 heavy (non-hydrogen) atoms. The molecule has 0 bridgehead atoms. The minimum absolute atomic E-state index is 0.129. The van der Waals surface area contributed by atoms with Gasteiger partial charge >= 0.3 is 0 Å². The van der Waals surface area contributed by atoms with Gasteiger partial charge in [-0.05, 0) is 24.1 Å². The van der Waals surface area contributed by atoms with E-state index in [1.165, 1.54) is 0 Å². The van der Waals surface area contributed by atoms with Crippen LogP contribution < -0.4 is 5.32 Å². The van der Waals surface area contributed by atoms with Crippen molar-refractivity contribution in [3.8, 4) is 12.3 Å². The van der Waals surface area contributed by atoms with Gasteiger partial charge in [0, 0.05) is 16.0 Å². The van der Waals surface area contributed by atoms with Crippen molar-refractivity contribution < 1.29 is 0 Å². The minimum Gasteiger partial charge on any atom is -0.300 e. The SMILES string of the molecule is C#CC(CCC)NCc1ccc(Br)cc1Cl. The van der Waals surface area contributed by atoms with Crippen LogP contribution in [0.1, 0.15) is 25.3 Å². The third-order valence-corrected chi connectivity index (χ3v) is 3.18. The van der Waals surface area contributed by atoms with E-state index >= 15 is 0 Å². The molecule has 0 saturated heterocycles. The van der Waals surface area contributed by atoms with Gasteiger partial charge in [0.15, 0.2) is 0 Å². The Hall–Kier alpha value is -0.490. The largest absolute Gasteiger partial charge is 0.300 e. The average Bonchev–Trinajstić information content (AvgIpc) is 2.26. The van der Waals surface area contributed by atoms with Crippen LogP contribution in [-0.4, -0.2) is 6.04 Å².